The Hall–Kier alpha value is -0.350. The number of halogens is 1. The minimum absolute atomic E-state index is 0. The Balaban J connectivity index is 0.00000264. The molecule has 0 spiro atoms. The number of hydrogen-bond acceptors (Lipinski definition) is 4. The molecular weight excluding hydrogens is 445 g/mol. The summed E-state index contributed by atoms with van der Waals surface area (Å²) in [6.07, 6.45) is 0.750. The second kappa shape index (κ2) is 9.83. The van der Waals surface area contributed by atoms with Gasteiger partial charge in [-0.25, -0.2) is 8.42 Å². The topological polar surface area (TPSA) is 70.6 Å². The molecule has 23 heavy (non-hydrogen) atoms. The maximum absolute atomic E-state index is 11.5. The summed E-state index contributed by atoms with van der Waals surface area (Å²) in [4.78, 5) is 5.95. The lowest BCUT2D eigenvalue weighted by Crippen LogP contribution is -2.40. The van der Waals surface area contributed by atoms with Crippen LogP contribution in [0.3, 0.4) is 0 Å². The molecule has 0 saturated carbocycles. The highest BCUT2D eigenvalue weighted by atomic mass is 127. The van der Waals surface area contributed by atoms with Crippen molar-refractivity contribution in [2.75, 3.05) is 31.1 Å². The highest BCUT2D eigenvalue weighted by Crippen LogP contribution is 2.20. The van der Waals surface area contributed by atoms with E-state index in [0.717, 1.165) is 25.5 Å². The molecule has 1 aromatic heterocycles. The van der Waals surface area contributed by atoms with Crippen molar-refractivity contribution < 1.29 is 8.42 Å². The van der Waals surface area contributed by atoms with E-state index in [1.54, 1.807) is 11.3 Å². The molecular formula is C15H26IN3O2S2. The fraction of sp³-hybridized carbons (Fsp3) is 0.667. The molecule has 0 bridgehead atoms. The summed E-state index contributed by atoms with van der Waals surface area (Å²) in [6, 6.07) is 4.19. The van der Waals surface area contributed by atoms with E-state index >= 15 is 0 Å². The monoisotopic (exact) mass is 471 g/mol. The van der Waals surface area contributed by atoms with Crippen LogP contribution in [0, 0.1) is 5.92 Å². The SMILES string of the molecule is CCNC(=NCC(C)c1cccs1)NCC1CCS(=O)(=O)C1.I. The lowest BCUT2D eigenvalue weighted by Gasteiger charge is -2.15. The van der Waals surface area contributed by atoms with Crippen LogP contribution < -0.4 is 10.6 Å². The van der Waals surface area contributed by atoms with Crippen molar-refractivity contribution in [3.63, 3.8) is 0 Å². The first-order valence-corrected chi connectivity index (χ1v) is 10.5. The van der Waals surface area contributed by atoms with Gasteiger partial charge in [-0.1, -0.05) is 13.0 Å². The lowest BCUT2D eigenvalue weighted by molar-refractivity contribution is 0.567. The van der Waals surface area contributed by atoms with E-state index in [1.165, 1.54) is 4.88 Å². The average Bonchev–Trinajstić information content (AvgIpc) is 3.11. The lowest BCUT2D eigenvalue weighted by atomic mass is 10.1. The van der Waals surface area contributed by atoms with Crippen molar-refractivity contribution in [3.05, 3.63) is 22.4 Å². The van der Waals surface area contributed by atoms with E-state index in [2.05, 4.69) is 40.1 Å². The Morgan fingerprint density at radius 1 is 1.48 bits per heavy atom. The van der Waals surface area contributed by atoms with Crippen LogP contribution >= 0.6 is 35.3 Å². The Bertz CT molecular complexity index is 588. The molecule has 2 N–H and O–H groups in total. The van der Waals surface area contributed by atoms with Crippen molar-refractivity contribution in [3.8, 4) is 0 Å². The number of sulfone groups is 1. The van der Waals surface area contributed by atoms with E-state index in [-0.39, 0.29) is 29.9 Å². The highest BCUT2D eigenvalue weighted by molar-refractivity contribution is 14.0. The molecule has 132 valence electrons. The van der Waals surface area contributed by atoms with Crippen LogP contribution in [0.15, 0.2) is 22.5 Å². The highest BCUT2D eigenvalue weighted by Gasteiger charge is 2.27. The fourth-order valence-corrected chi connectivity index (χ4v) is 5.15. The summed E-state index contributed by atoms with van der Waals surface area (Å²) >= 11 is 1.75. The number of rotatable bonds is 6. The number of nitrogens with zero attached hydrogens (tertiary/aromatic N) is 1. The molecule has 8 heteroatoms. The first-order valence-electron chi connectivity index (χ1n) is 7.76. The molecule has 2 atom stereocenters. The van der Waals surface area contributed by atoms with E-state index in [4.69, 9.17) is 0 Å². The Morgan fingerprint density at radius 2 is 2.26 bits per heavy atom. The summed E-state index contributed by atoms with van der Waals surface area (Å²) in [7, 11) is -2.81. The molecule has 1 fully saturated rings. The molecule has 1 aliphatic heterocycles. The van der Waals surface area contributed by atoms with Crippen LogP contribution in [-0.4, -0.2) is 45.5 Å². The van der Waals surface area contributed by atoms with Gasteiger partial charge in [-0.3, -0.25) is 4.99 Å². The summed E-state index contributed by atoms with van der Waals surface area (Å²) in [6.45, 7) is 6.38. The molecule has 0 radical (unpaired) electrons. The minimum Gasteiger partial charge on any atom is -0.357 e. The van der Waals surface area contributed by atoms with Crippen molar-refractivity contribution in [2.45, 2.75) is 26.2 Å². The van der Waals surface area contributed by atoms with Gasteiger partial charge in [0.05, 0.1) is 18.1 Å². The normalized spacial score (nSPS) is 21.5. The summed E-state index contributed by atoms with van der Waals surface area (Å²) in [5.41, 5.74) is 0. The third-order valence-corrected chi connectivity index (χ3v) is 6.72. The van der Waals surface area contributed by atoms with E-state index in [1.807, 2.05) is 6.92 Å². The molecule has 2 rings (SSSR count). The van der Waals surface area contributed by atoms with Gasteiger partial charge in [0.1, 0.15) is 0 Å². The zero-order valence-electron chi connectivity index (χ0n) is 13.6. The second-order valence-corrected chi connectivity index (χ2v) is 8.99. The Morgan fingerprint density at radius 3 is 2.83 bits per heavy atom. The molecule has 1 saturated heterocycles. The molecule has 1 aromatic rings. The van der Waals surface area contributed by atoms with Gasteiger partial charge in [0.15, 0.2) is 15.8 Å². The van der Waals surface area contributed by atoms with Crippen LogP contribution in [0.5, 0.6) is 0 Å². The minimum atomic E-state index is -2.81. The zero-order valence-corrected chi connectivity index (χ0v) is 17.6. The van der Waals surface area contributed by atoms with E-state index in [9.17, 15) is 8.42 Å². The van der Waals surface area contributed by atoms with Crippen molar-refractivity contribution in [1.82, 2.24) is 10.6 Å². The second-order valence-electron chi connectivity index (χ2n) is 5.79. The Kier molecular flexibility index (Phi) is 8.84. The molecule has 2 unspecified atom stereocenters. The van der Waals surface area contributed by atoms with Gasteiger partial charge in [-0.15, -0.1) is 35.3 Å². The first kappa shape index (κ1) is 20.7. The van der Waals surface area contributed by atoms with Gasteiger partial charge in [0.2, 0.25) is 0 Å². The predicted molar refractivity (Wildman–Crippen MR) is 109 cm³/mol. The molecule has 2 heterocycles. The van der Waals surface area contributed by atoms with Crippen LogP contribution in [0.25, 0.3) is 0 Å². The largest absolute Gasteiger partial charge is 0.357 e. The summed E-state index contributed by atoms with van der Waals surface area (Å²) in [5.74, 6) is 1.98. The van der Waals surface area contributed by atoms with Gasteiger partial charge < -0.3 is 10.6 Å². The standard InChI is InChI=1S/C15H25N3O2S2.HI/c1-3-16-15(17-9-12(2)14-5-4-7-21-14)18-10-13-6-8-22(19,20)11-13;/h4-5,7,12-13H,3,6,8-11H2,1-2H3,(H2,16,17,18);1H. The van der Waals surface area contributed by atoms with Crippen LogP contribution in [0.4, 0.5) is 0 Å². The van der Waals surface area contributed by atoms with Crippen LogP contribution in [0.1, 0.15) is 31.1 Å². The van der Waals surface area contributed by atoms with Gasteiger partial charge in [0, 0.05) is 23.9 Å². The number of hydrogen-bond donors (Lipinski definition) is 2. The zero-order chi connectivity index (χ0) is 16.0. The molecule has 0 amide bonds. The fourth-order valence-electron chi connectivity index (χ4n) is 2.51. The maximum Gasteiger partial charge on any atom is 0.191 e. The maximum atomic E-state index is 11.5. The van der Waals surface area contributed by atoms with Gasteiger partial charge in [-0.2, -0.15) is 0 Å². The van der Waals surface area contributed by atoms with Gasteiger partial charge in [0.25, 0.3) is 0 Å². The van der Waals surface area contributed by atoms with Crippen molar-refractivity contribution in [2.24, 2.45) is 10.9 Å². The van der Waals surface area contributed by atoms with E-state index in [0.29, 0.717) is 24.0 Å². The summed E-state index contributed by atoms with van der Waals surface area (Å²) < 4.78 is 23.0. The van der Waals surface area contributed by atoms with E-state index < -0.39 is 9.84 Å². The third kappa shape index (κ3) is 6.96. The molecule has 5 nitrogen and oxygen atoms in total. The predicted octanol–water partition coefficient (Wildman–Crippen LogP) is 2.46. The number of nitrogens with one attached hydrogen (secondary N) is 2. The van der Waals surface area contributed by atoms with Crippen LogP contribution in [0.2, 0.25) is 0 Å². The van der Waals surface area contributed by atoms with Crippen molar-refractivity contribution in [1.29, 1.82) is 0 Å². The number of thiophene rings is 1. The average molecular weight is 471 g/mol. The smallest absolute Gasteiger partial charge is 0.191 e. The molecule has 0 aliphatic carbocycles. The molecule has 1 aliphatic rings. The van der Waals surface area contributed by atoms with Gasteiger partial charge >= 0.3 is 0 Å². The Labute approximate surface area is 160 Å². The summed E-state index contributed by atoms with van der Waals surface area (Å²) in [5, 5.41) is 8.58. The van der Waals surface area contributed by atoms with Gasteiger partial charge in [-0.05, 0) is 30.7 Å². The third-order valence-electron chi connectivity index (χ3n) is 3.78. The van der Waals surface area contributed by atoms with Crippen molar-refractivity contribution >= 4 is 51.1 Å². The molecule has 0 aromatic carbocycles. The quantitative estimate of drug-likeness (QED) is 0.380. The first-order chi connectivity index (χ1) is 10.5. The van der Waals surface area contributed by atoms with Crippen LogP contribution in [-0.2, 0) is 9.84 Å². The number of aliphatic imine (C=N–C) groups is 1. The number of guanidine groups is 1.